The van der Waals surface area contributed by atoms with Gasteiger partial charge in [0.05, 0.1) is 18.3 Å². The Morgan fingerprint density at radius 1 is 1.35 bits per heavy atom. The molecule has 0 aliphatic carbocycles. The number of methoxy groups -OCH3 is 1. The van der Waals surface area contributed by atoms with Gasteiger partial charge in [0.1, 0.15) is 11.5 Å². The SMILES string of the molecule is COCC1CCCN1C(=O)c1nc(C)n2c1CCCC2. The van der Waals surface area contributed by atoms with Gasteiger partial charge in [-0.3, -0.25) is 4.79 Å². The van der Waals surface area contributed by atoms with Crippen LogP contribution in [0.4, 0.5) is 0 Å². The lowest BCUT2D eigenvalue weighted by molar-refractivity contribution is 0.0624. The number of nitrogens with zero attached hydrogens (tertiary/aromatic N) is 3. The van der Waals surface area contributed by atoms with Gasteiger partial charge in [0.25, 0.3) is 5.91 Å². The van der Waals surface area contributed by atoms with Crippen molar-refractivity contribution in [1.82, 2.24) is 14.5 Å². The van der Waals surface area contributed by atoms with Gasteiger partial charge in [-0.05, 0) is 39.0 Å². The van der Waals surface area contributed by atoms with Gasteiger partial charge >= 0.3 is 0 Å². The molecule has 2 aliphatic heterocycles. The summed E-state index contributed by atoms with van der Waals surface area (Å²) in [5, 5.41) is 0. The topological polar surface area (TPSA) is 47.4 Å². The van der Waals surface area contributed by atoms with E-state index in [0.717, 1.165) is 50.3 Å². The van der Waals surface area contributed by atoms with Gasteiger partial charge in [-0.25, -0.2) is 4.98 Å². The van der Waals surface area contributed by atoms with E-state index in [2.05, 4.69) is 9.55 Å². The maximum absolute atomic E-state index is 12.8. The smallest absolute Gasteiger partial charge is 0.274 e. The zero-order chi connectivity index (χ0) is 14.1. The van der Waals surface area contributed by atoms with Crippen LogP contribution in [-0.2, 0) is 17.7 Å². The van der Waals surface area contributed by atoms with Gasteiger partial charge in [-0.1, -0.05) is 0 Å². The maximum atomic E-state index is 12.8. The molecule has 1 saturated heterocycles. The van der Waals surface area contributed by atoms with E-state index in [9.17, 15) is 4.79 Å². The summed E-state index contributed by atoms with van der Waals surface area (Å²) in [6, 6.07) is 0.216. The summed E-state index contributed by atoms with van der Waals surface area (Å²) in [6.45, 7) is 4.46. The lowest BCUT2D eigenvalue weighted by Crippen LogP contribution is -2.38. The van der Waals surface area contributed by atoms with Crippen LogP contribution in [0.25, 0.3) is 0 Å². The third kappa shape index (κ3) is 2.24. The number of ether oxygens (including phenoxy) is 1. The van der Waals surface area contributed by atoms with E-state index in [-0.39, 0.29) is 11.9 Å². The molecule has 3 rings (SSSR count). The summed E-state index contributed by atoms with van der Waals surface area (Å²) < 4.78 is 7.46. The van der Waals surface area contributed by atoms with E-state index in [1.807, 2.05) is 11.8 Å². The van der Waals surface area contributed by atoms with Crippen molar-refractivity contribution < 1.29 is 9.53 Å². The van der Waals surface area contributed by atoms with Crippen LogP contribution in [0.3, 0.4) is 0 Å². The van der Waals surface area contributed by atoms with E-state index < -0.39 is 0 Å². The number of rotatable bonds is 3. The molecule has 1 amide bonds. The third-order valence-electron chi connectivity index (χ3n) is 4.51. The number of hydrogen-bond donors (Lipinski definition) is 0. The molecule has 3 heterocycles. The van der Waals surface area contributed by atoms with Gasteiger partial charge in [0.2, 0.25) is 0 Å². The predicted octanol–water partition coefficient (Wildman–Crippen LogP) is 1.78. The van der Waals surface area contributed by atoms with Crippen LogP contribution in [0.2, 0.25) is 0 Å². The molecule has 110 valence electrons. The second-order valence-electron chi connectivity index (χ2n) is 5.81. The minimum Gasteiger partial charge on any atom is -0.383 e. The number of fused-ring (bicyclic) bond motifs is 1. The van der Waals surface area contributed by atoms with Crippen LogP contribution in [-0.4, -0.2) is 46.7 Å². The Kier molecular flexibility index (Phi) is 3.78. The molecule has 0 saturated carbocycles. The Hall–Kier alpha value is -1.36. The molecule has 20 heavy (non-hydrogen) atoms. The highest BCUT2D eigenvalue weighted by Gasteiger charge is 2.33. The van der Waals surface area contributed by atoms with Gasteiger partial charge in [-0.2, -0.15) is 0 Å². The molecule has 1 unspecified atom stereocenters. The average Bonchev–Trinajstić information content (AvgIpc) is 3.04. The highest BCUT2D eigenvalue weighted by atomic mass is 16.5. The van der Waals surface area contributed by atoms with Crippen molar-refractivity contribution in [3.8, 4) is 0 Å². The summed E-state index contributed by atoms with van der Waals surface area (Å²) in [7, 11) is 1.70. The first-order valence-corrected chi connectivity index (χ1v) is 7.58. The summed E-state index contributed by atoms with van der Waals surface area (Å²) in [4.78, 5) is 19.3. The van der Waals surface area contributed by atoms with Crippen LogP contribution in [0, 0.1) is 6.92 Å². The zero-order valence-corrected chi connectivity index (χ0v) is 12.4. The highest BCUT2D eigenvalue weighted by Crippen LogP contribution is 2.25. The van der Waals surface area contributed by atoms with Gasteiger partial charge < -0.3 is 14.2 Å². The van der Waals surface area contributed by atoms with E-state index in [4.69, 9.17) is 4.74 Å². The van der Waals surface area contributed by atoms with Crippen LogP contribution < -0.4 is 0 Å². The van der Waals surface area contributed by atoms with Crippen molar-refractivity contribution in [2.75, 3.05) is 20.3 Å². The first-order valence-electron chi connectivity index (χ1n) is 7.58. The number of aromatic nitrogens is 2. The minimum atomic E-state index is 0.100. The Morgan fingerprint density at radius 2 is 2.20 bits per heavy atom. The summed E-state index contributed by atoms with van der Waals surface area (Å²) >= 11 is 0. The van der Waals surface area contributed by atoms with Crippen LogP contribution in [0.1, 0.15) is 47.7 Å². The number of likely N-dealkylation sites (tertiary alicyclic amines) is 1. The largest absolute Gasteiger partial charge is 0.383 e. The highest BCUT2D eigenvalue weighted by molar-refractivity contribution is 5.94. The molecule has 5 heteroatoms. The number of amides is 1. The minimum absolute atomic E-state index is 0.100. The fourth-order valence-electron chi connectivity index (χ4n) is 3.50. The molecule has 0 radical (unpaired) electrons. The number of carbonyl (C=O) groups is 1. The monoisotopic (exact) mass is 277 g/mol. The first-order chi connectivity index (χ1) is 9.72. The summed E-state index contributed by atoms with van der Waals surface area (Å²) in [5.41, 5.74) is 1.83. The Balaban J connectivity index is 1.87. The average molecular weight is 277 g/mol. The first kappa shape index (κ1) is 13.6. The molecular formula is C15H23N3O2. The molecule has 0 spiro atoms. The van der Waals surface area contributed by atoms with Crippen molar-refractivity contribution in [2.24, 2.45) is 0 Å². The van der Waals surface area contributed by atoms with Crippen molar-refractivity contribution >= 4 is 5.91 Å². The Morgan fingerprint density at radius 3 is 3.00 bits per heavy atom. The van der Waals surface area contributed by atoms with Crippen molar-refractivity contribution in [1.29, 1.82) is 0 Å². The molecule has 1 fully saturated rings. The number of aryl methyl sites for hydroxylation is 1. The number of carbonyl (C=O) groups excluding carboxylic acids is 1. The Labute approximate surface area is 119 Å². The van der Waals surface area contributed by atoms with Crippen molar-refractivity contribution in [3.63, 3.8) is 0 Å². The Bertz CT molecular complexity index is 509. The number of imidazole rings is 1. The maximum Gasteiger partial charge on any atom is 0.274 e. The van der Waals surface area contributed by atoms with E-state index in [1.54, 1.807) is 7.11 Å². The van der Waals surface area contributed by atoms with Gasteiger partial charge in [0.15, 0.2) is 0 Å². The lowest BCUT2D eigenvalue weighted by Gasteiger charge is -2.24. The fourth-order valence-corrected chi connectivity index (χ4v) is 3.50. The molecule has 1 atom stereocenters. The van der Waals surface area contributed by atoms with Gasteiger partial charge in [0, 0.05) is 20.2 Å². The van der Waals surface area contributed by atoms with E-state index in [0.29, 0.717) is 12.3 Å². The van der Waals surface area contributed by atoms with E-state index >= 15 is 0 Å². The molecule has 2 aliphatic rings. The number of hydrogen-bond acceptors (Lipinski definition) is 3. The zero-order valence-electron chi connectivity index (χ0n) is 12.4. The predicted molar refractivity (Wildman–Crippen MR) is 75.8 cm³/mol. The van der Waals surface area contributed by atoms with Crippen LogP contribution >= 0.6 is 0 Å². The normalized spacial score (nSPS) is 22.1. The molecule has 1 aromatic rings. The molecule has 0 bridgehead atoms. The quantitative estimate of drug-likeness (QED) is 0.846. The molecule has 0 aromatic carbocycles. The molecule has 0 N–H and O–H groups in total. The molecule has 1 aromatic heterocycles. The molecule has 5 nitrogen and oxygen atoms in total. The lowest BCUT2D eigenvalue weighted by atomic mass is 10.1. The van der Waals surface area contributed by atoms with E-state index in [1.165, 1.54) is 6.42 Å². The second-order valence-corrected chi connectivity index (χ2v) is 5.81. The van der Waals surface area contributed by atoms with Crippen molar-refractivity contribution in [3.05, 3.63) is 17.2 Å². The fraction of sp³-hybridized carbons (Fsp3) is 0.733. The third-order valence-corrected chi connectivity index (χ3v) is 4.51. The second kappa shape index (κ2) is 5.56. The summed E-state index contributed by atoms with van der Waals surface area (Å²) in [6.07, 6.45) is 5.43. The molecular weight excluding hydrogens is 254 g/mol. The van der Waals surface area contributed by atoms with Crippen molar-refractivity contribution in [2.45, 2.75) is 51.6 Å². The van der Waals surface area contributed by atoms with Crippen LogP contribution in [0.15, 0.2) is 0 Å². The standard InChI is InChI=1S/C15H23N3O2/c1-11-16-14(13-7-3-4-8-17(11)13)15(19)18-9-5-6-12(18)10-20-2/h12H,3-10H2,1-2H3. The summed E-state index contributed by atoms with van der Waals surface area (Å²) in [5.74, 6) is 1.08. The van der Waals surface area contributed by atoms with Gasteiger partial charge in [-0.15, -0.1) is 0 Å². The van der Waals surface area contributed by atoms with Crippen LogP contribution in [0.5, 0.6) is 0 Å².